The van der Waals surface area contributed by atoms with Crippen LogP contribution in [0, 0.1) is 0 Å². The first kappa shape index (κ1) is 16.2. The second-order valence-electron chi connectivity index (χ2n) is 5.07. The summed E-state index contributed by atoms with van der Waals surface area (Å²) in [6.07, 6.45) is 2.23. The van der Waals surface area contributed by atoms with Gasteiger partial charge in [-0.05, 0) is 38.1 Å². The van der Waals surface area contributed by atoms with E-state index in [1.807, 2.05) is 37.3 Å². The Morgan fingerprint density at radius 3 is 2.86 bits per heavy atom. The second kappa shape index (κ2) is 8.34. The molecule has 0 bridgehead atoms. The Balaban J connectivity index is 2.23. The topological polar surface area (TPSA) is 67.0 Å². The predicted octanol–water partition coefficient (Wildman–Crippen LogP) is 2.73. The third kappa shape index (κ3) is 4.18. The van der Waals surface area contributed by atoms with Gasteiger partial charge in [-0.2, -0.15) is 5.10 Å². The minimum Gasteiger partial charge on any atom is -0.493 e. The van der Waals surface area contributed by atoms with Crippen LogP contribution >= 0.6 is 0 Å². The van der Waals surface area contributed by atoms with Gasteiger partial charge < -0.3 is 10.1 Å². The number of unbranched alkanes of at least 4 members (excludes halogenated alkanes) is 1. The van der Waals surface area contributed by atoms with Crippen molar-refractivity contribution in [2.45, 2.75) is 33.2 Å². The Kier molecular flexibility index (Phi) is 6.15. The zero-order valence-corrected chi connectivity index (χ0v) is 13.2. The minimum absolute atomic E-state index is 0.151. The average Bonchev–Trinajstić information content (AvgIpc) is 2.54. The van der Waals surface area contributed by atoms with Crippen LogP contribution in [0.3, 0.4) is 0 Å². The number of aromatic amines is 1. The third-order valence-electron chi connectivity index (χ3n) is 3.37. The summed E-state index contributed by atoms with van der Waals surface area (Å²) >= 11 is 0. The summed E-state index contributed by atoms with van der Waals surface area (Å²) in [7, 11) is 0. The monoisotopic (exact) mass is 301 g/mol. The van der Waals surface area contributed by atoms with Crippen LogP contribution in [0.4, 0.5) is 0 Å². The number of nitrogens with one attached hydrogen (secondary N) is 2. The van der Waals surface area contributed by atoms with Crippen LogP contribution in [0.25, 0.3) is 11.3 Å². The molecule has 0 spiro atoms. The van der Waals surface area contributed by atoms with E-state index in [0.29, 0.717) is 18.7 Å². The molecule has 118 valence electrons. The van der Waals surface area contributed by atoms with E-state index in [1.165, 1.54) is 0 Å². The highest BCUT2D eigenvalue weighted by molar-refractivity contribution is 5.67. The normalized spacial score (nSPS) is 10.6. The van der Waals surface area contributed by atoms with E-state index in [2.05, 4.69) is 22.4 Å². The van der Waals surface area contributed by atoms with Crippen LogP contribution in [-0.2, 0) is 6.54 Å². The van der Waals surface area contributed by atoms with Crippen molar-refractivity contribution in [1.29, 1.82) is 0 Å². The van der Waals surface area contributed by atoms with Crippen molar-refractivity contribution in [3.8, 4) is 17.0 Å². The molecule has 2 aromatic rings. The van der Waals surface area contributed by atoms with Crippen LogP contribution in [0.2, 0.25) is 0 Å². The van der Waals surface area contributed by atoms with E-state index in [0.717, 1.165) is 36.4 Å². The summed E-state index contributed by atoms with van der Waals surface area (Å²) in [6.45, 7) is 6.13. The number of ether oxygens (including phenoxy) is 1. The number of rotatable bonds is 8. The lowest BCUT2D eigenvalue weighted by Gasteiger charge is -2.10. The number of H-pyrrole nitrogens is 1. The van der Waals surface area contributed by atoms with Crippen molar-refractivity contribution in [2.24, 2.45) is 0 Å². The molecule has 0 atom stereocenters. The quantitative estimate of drug-likeness (QED) is 0.736. The second-order valence-corrected chi connectivity index (χ2v) is 5.07. The Morgan fingerprint density at radius 2 is 2.09 bits per heavy atom. The maximum absolute atomic E-state index is 11.9. The summed E-state index contributed by atoms with van der Waals surface area (Å²) in [5.41, 5.74) is 2.14. The van der Waals surface area contributed by atoms with Crippen molar-refractivity contribution in [1.82, 2.24) is 15.5 Å². The number of hydrogen-bond donors (Lipinski definition) is 2. The lowest BCUT2D eigenvalue weighted by Crippen LogP contribution is -2.22. The van der Waals surface area contributed by atoms with Gasteiger partial charge in [-0.1, -0.05) is 25.5 Å². The molecule has 2 N–H and O–H groups in total. The third-order valence-corrected chi connectivity index (χ3v) is 3.37. The lowest BCUT2D eigenvalue weighted by molar-refractivity contribution is 0.341. The maximum Gasteiger partial charge on any atom is 0.268 e. The zero-order valence-electron chi connectivity index (χ0n) is 13.2. The van der Waals surface area contributed by atoms with Gasteiger partial charge in [0, 0.05) is 17.7 Å². The average molecular weight is 301 g/mol. The standard InChI is InChI=1S/C17H23N3O2/c1-3-5-10-18-12-13-11-15(19-20-17(13)21)14-8-6-7-9-16(14)22-4-2/h6-9,11,18H,3-5,10,12H2,1-2H3,(H,20,21). The Labute approximate surface area is 130 Å². The molecule has 1 aromatic carbocycles. The lowest BCUT2D eigenvalue weighted by atomic mass is 10.1. The molecule has 0 amide bonds. The highest BCUT2D eigenvalue weighted by atomic mass is 16.5. The molecule has 2 rings (SSSR count). The molecular formula is C17H23N3O2. The molecule has 5 nitrogen and oxygen atoms in total. The predicted molar refractivity (Wildman–Crippen MR) is 88.1 cm³/mol. The van der Waals surface area contributed by atoms with Gasteiger partial charge >= 0.3 is 0 Å². The number of para-hydroxylation sites is 1. The summed E-state index contributed by atoms with van der Waals surface area (Å²) < 4.78 is 5.63. The van der Waals surface area contributed by atoms with E-state index >= 15 is 0 Å². The van der Waals surface area contributed by atoms with Crippen molar-refractivity contribution in [3.63, 3.8) is 0 Å². The molecule has 0 fully saturated rings. The smallest absolute Gasteiger partial charge is 0.268 e. The number of benzene rings is 1. The van der Waals surface area contributed by atoms with Crippen molar-refractivity contribution < 1.29 is 4.74 Å². The molecule has 0 unspecified atom stereocenters. The van der Waals surface area contributed by atoms with Gasteiger partial charge in [-0.25, -0.2) is 5.10 Å². The van der Waals surface area contributed by atoms with E-state index in [4.69, 9.17) is 4.74 Å². The van der Waals surface area contributed by atoms with Crippen molar-refractivity contribution in [3.05, 3.63) is 46.2 Å². The summed E-state index contributed by atoms with van der Waals surface area (Å²) in [5, 5.41) is 10.0. The molecule has 0 aliphatic heterocycles. The van der Waals surface area contributed by atoms with Gasteiger partial charge in [0.1, 0.15) is 5.75 Å². The van der Waals surface area contributed by atoms with E-state index in [1.54, 1.807) is 0 Å². The summed E-state index contributed by atoms with van der Waals surface area (Å²) in [4.78, 5) is 11.9. The fourth-order valence-corrected chi connectivity index (χ4v) is 2.20. The maximum atomic E-state index is 11.9. The van der Waals surface area contributed by atoms with Crippen molar-refractivity contribution >= 4 is 0 Å². The van der Waals surface area contributed by atoms with Gasteiger partial charge in [-0.15, -0.1) is 0 Å². The fourth-order valence-electron chi connectivity index (χ4n) is 2.20. The van der Waals surface area contributed by atoms with Crippen molar-refractivity contribution in [2.75, 3.05) is 13.2 Å². The highest BCUT2D eigenvalue weighted by Gasteiger charge is 2.09. The Hall–Kier alpha value is -2.14. The molecule has 0 radical (unpaired) electrons. The molecule has 0 saturated heterocycles. The molecule has 0 aliphatic rings. The SMILES string of the molecule is CCCCNCc1cc(-c2ccccc2OCC)n[nH]c1=O. The minimum atomic E-state index is -0.151. The van der Waals surface area contributed by atoms with Gasteiger partial charge in [0.2, 0.25) is 0 Å². The van der Waals surface area contributed by atoms with Crippen LogP contribution in [0.1, 0.15) is 32.3 Å². The fraction of sp³-hybridized carbons (Fsp3) is 0.412. The number of aromatic nitrogens is 2. The molecule has 5 heteroatoms. The molecule has 22 heavy (non-hydrogen) atoms. The van der Waals surface area contributed by atoms with Gasteiger partial charge in [0.05, 0.1) is 12.3 Å². The van der Waals surface area contributed by atoms with Gasteiger partial charge in [-0.3, -0.25) is 4.79 Å². The number of hydrogen-bond acceptors (Lipinski definition) is 4. The van der Waals surface area contributed by atoms with Gasteiger partial charge in [0.25, 0.3) is 5.56 Å². The summed E-state index contributed by atoms with van der Waals surface area (Å²) in [5.74, 6) is 0.773. The largest absolute Gasteiger partial charge is 0.493 e. The molecular weight excluding hydrogens is 278 g/mol. The van der Waals surface area contributed by atoms with Crippen LogP contribution < -0.4 is 15.6 Å². The Morgan fingerprint density at radius 1 is 1.27 bits per heavy atom. The van der Waals surface area contributed by atoms with Crippen LogP contribution in [0.15, 0.2) is 35.1 Å². The number of nitrogens with zero attached hydrogens (tertiary/aromatic N) is 1. The van der Waals surface area contributed by atoms with Crippen LogP contribution in [-0.4, -0.2) is 23.3 Å². The zero-order chi connectivity index (χ0) is 15.8. The first-order valence-corrected chi connectivity index (χ1v) is 7.77. The van der Waals surface area contributed by atoms with Gasteiger partial charge in [0.15, 0.2) is 0 Å². The molecule has 0 saturated carbocycles. The molecule has 1 heterocycles. The highest BCUT2D eigenvalue weighted by Crippen LogP contribution is 2.27. The van der Waals surface area contributed by atoms with E-state index in [-0.39, 0.29) is 5.56 Å². The molecule has 1 aromatic heterocycles. The first-order chi connectivity index (χ1) is 10.8. The van der Waals surface area contributed by atoms with E-state index < -0.39 is 0 Å². The molecule has 0 aliphatic carbocycles. The summed E-state index contributed by atoms with van der Waals surface area (Å²) in [6, 6.07) is 9.54. The first-order valence-electron chi connectivity index (χ1n) is 7.77. The Bertz CT molecular complexity index is 652. The van der Waals surface area contributed by atoms with Crippen LogP contribution in [0.5, 0.6) is 5.75 Å². The van der Waals surface area contributed by atoms with E-state index in [9.17, 15) is 4.79 Å².